The Bertz CT molecular complexity index is 1330. The van der Waals surface area contributed by atoms with Crippen LogP contribution in [0.4, 0.5) is 29.1 Å². The monoisotopic (exact) mass is 543 g/mol. The van der Waals surface area contributed by atoms with Crippen molar-refractivity contribution in [3.63, 3.8) is 0 Å². The van der Waals surface area contributed by atoms with E-state index < -0.39 is 34.0 Å². The van der Waals surface area contributed by atoms with Gasteiger partial charge in [0, 0.05) is 13.1 Å². The first-order chi connectivity index (χ1) is 17.2. The van der Waals surface area contributed by atoms with Crippen LogP contribution in [-0.4, -0.2) is 48.3 Å². The number of benzene rings is 2. The number of nitrogens with one attached hydrogen (secondary N) is 1. The van der Waals surface area contributed by atoms with Gasteiger partial charge < -0.3 is 15.1 Å². The Balaban J connectivity index is 0.000000604. The van der Waals surface area contributed by atoms with E-state index in [9.17, 15) is 35.9 Å². The predicted molar refractivity (Wildman–Crippen MR) is 125 cm³/mol. The Labute approximate surface area is 209 Å². The van der Waals surface area contributed by atoms with Gasteiger partial charge in [0.2, 0.25) is 0 Å². The van der Waals surface area contributed by atoms with Gasteiger partial charge in [-0.3, -0.25) is 4.72 Å². The molecule has 0 spiro atoms. The summed E-state index contributed by atoms with van der Waals surface area (Å²) in [5, 5.41) is 16.8. The van der Waals surface area contributed by atoms with Gasteiger partial charge in [-0.05, 0) is 42.8 Å². The molecule has 3 aromatic rings. The van der Waals surface area contributed by atoms with Crippen molar-refractivity contribution < 1.29 is 45.8 Å². The highest BCUT2D eigenvalue weighted by Gasteiger charge is 2.38. The quantitative estimate of drug-likeness (QED) is 0.356. The topological polar surface area (TPSA) is 137 Å². The third-order valence-electron chi connectivity index (χ3n) is 4.61. The number of sulfonamides is 1. The lowest BCUT2D eigenvalue weighted by Crippen LogP contribution is -2.25. The summed E-state index contributed by atoms with van der Waals surface area (Å²) in [7, 11) is -4.02. The molecule has 198 valence electrons. The molecule has 2 aromatic carbocycles. The van der Waals surface area contributed by atoms with Crippen LogP contribution in [0.2, 0.25) is 0 Å². The molecule has 0 saturated heterocycles. The molecular weight excluding hydrogens is 522 g/mol. The Kier molecular flexibility index (Phi) is 9.54. The molecule has 0 aliphatic carbocycles. The number of hydrogen-bond acceptors (Lipinski definition) is 6. The molecule has 3 rings (SSSR count). The number of alkyl halides is 3. The first kappa shape index (κ1) is 29.0. The molecule has 0 bridgehead atoms. The summed E-state index contributed by atoms with van der Waals surface area (Å²) >= 11 is 0. The van der Waals surface area contributed by atoms with Crippen molar-refractivity contribution in [1.82, 2.24) is 4.98 Å². The number of carboxylic acids is 2. The van der Waals surface area contributed by atoms with E-state index in [1.54, 1.807) is 4.90 Å². The van der Waals surface area contributed by atoms with Crippen LogP contribution in [0, 0.1) is 5.82 Å². The van der Waals surface area contributed by atoms with Gasteiger partial charge in [0.05, 0.1) is 16.8 Å². The first-order valence-corrected chi connectivity index (χ1v) is 11.8. The van der Waals surface area contributed by atoms with Crippen LogP contribution in [0.3, 0.4) is 0 Å². The summed E-state index contributed by atoms with van der Waals surface area (Å²) in [4.78, 5) is 26.6. The van der Waals surface area contributed by atoms with Gasteiger partial charge in [-0.1, -0.05) is 30.3 Å². The average molecular weight is 543 g/mol. The van der Waals surface area contributed by atoms with E-state index >= 15 is 0 Å². The van der Waals surface area contributed by atoms with Crippen molar-refractivity contribution >= 4 is 33.5 Å². The van der Waals surface area contributed by atoms with E-state index in [-0.39, 0.29) is 22.0 Å². The lowest BCUT2D eigenvalue weighted by Gasteiger charge is -2.24. The zero-order valence-electron chi connectivity index (χ0n) is 19.1. The van der Waals surface area contributed by atoms with Gasteiger partial charge >= 0.3 is 18.1 Å². The predicted octanol–water partition coefficient (Wildman–Crippen LogP) is 4.38. The van der Waals surface area contributed by atoms with Gasteiger partial charge in [0.15, 0.2) is 0 Å². The van der Waals surface area contributed by atoms with E-state index in [4.69, 9.17) is 9.90 Å². The SMILES string of the molecule is CCN(Cc1ccccc1)c1ncc(NS(=O)(=O)c2ccc(F)cc2)cc1C(=O)O.O=C(O)C(F)(F)F. The number of nitrogens with zero attached hydrogens (tertiary/aromatic N) is 2. The Morgan fingerprint density at radius 1 is 1.03 bits per heavy atom. The lowest BCUT2D eigenvalue weighted by molar-refractivity contribution is -0.192. The second-order valence-electron chi connectivity index (χ2n) is 7.26. The van der Waals surface area contributed by atoms with Crippen LogP contribution in [0.1, 0.15) is 22.8 Å². The summed E-state index contributed by atoms with van der Waals surface area (Å²) in [5.41, 5.74) is 0.849. The maximum Gasteiger partial charge on any atom is 0.490 e. The number of anilines is 2. The number of aliphatic carboxylic acids is 1. The zero-order valence-corrected chi connectivity index (χ0v) is 19.9. The second-order valence-corrected chi connectivity index (χ2v) is 8.94. The van der Waals surface area contributed by atoms with Crippen LogP contribution in [0.25, 0.3) is 0 Å². The van der Waals surface area contributed by atoms with E-state index in [0.717, 1.165) is 29.8 Å². The minimum Gasteiger partial charge on any atom is -0.478 e. The second kappa shape index (κ2) is 12.2. The Morgan fingerprint density at radius 2 is 1.59 bits per heavy atom. The van der Waals surface area contributed by atoms with Crippen molar-refractivity contribution in [1.29, 1.82) is 0 Å². The van der Waals surface area contributed by atoms with Gasteiger partial charge in [0.1, 0.15) is 17.2 Å². The summed E-state index contributed by atoms with van der Waals surface area (Å²) in [6.45, 7) is 2.83. The van der Waals surface area contributed by atoms with Gasteiger partial charge in [0.25, 0.3) is 10.0 Å². The number of aromatic nitrogens is 1. The molecule has 9 nitrogen and oxygen atoms in total. The van der Waals surface area contributed by atoms with E-state index in [0.29, 0.717) is 13.1 Å². The maximum absolute atomic E-state index is 13.1. The third kappa shape index (κ3) is 8.45. The zero-order chi connectivity index (χ0) is 27.8. The molecule has 0 saturated carbocycles. The fraction of sp³-hybridized carbons (Fsp3) is 0.174. The summed E-state index contributed by atoms with van der Waals surface area (Å²) < 4.78 is 72.1. The number of rotatable bonds is 8. The van der Waals surface area contributed by atoms with Crippen molar-refractivity contribution in [2.24, 2.45) is 0 Å². The molecule has 3 N–H and O–H groups in total. The van der Waals surface area contributed by atoms with E-state index in [2.05, 4.69) is 9.71 Å². The summed E-state index contributed by atoms with van der Waals surface area (Å²) in [6, 6.07) is 15.0. The standard InChI is InChI=1S/C21H20FN3O4S.C2HF3O2/c1-2-25(14-15-6-4-3-5-7-15)20-19(21(26)27)12-17(13-23-20)24-30(28,29)18-10-8-16(22)9-11-18;3-2(4,5)1(6)7/h3-13,24H,2,14H2,1H3,(H,26,27);(H,6,7). The molecule has 1 heterocycles. The lowest BCUT2D eigenvalue weighted by atomic mass is 10.2. The fourth-order valence-corrected chi connectivity index (χ4v) is 3.92. The summed E-state index contributed by atoms with van der Waals surface area (Å²) in [5.74, 6) is -4.32. The molecule has 1 aromatic heterocycles. The molecule has 0 amide bonds. The molecular formula is C23H21F4N3O6S. The number of pyridine rings is 1. The van der Waals surface area contributed by atoms with Crippen molar-refractivity contribution in [3.8, 4) is 0 Å². The minimum atomic E-state index is -5.08. The number of halogens is 4. The fourth-order valence-electron chi connectivity index (χ4n) is 2.89. The molecule has 37 heavy (non-hydrogen) atoms. The van der Waals surface area contributed by atoms with Crippen LogP contribution in [0.15, 0.2) is 71.8 Å². The van der Waals surface area contributed by atoms with Crippen molar-refractivity contribution in [2.45, 2.75) is 24.5 Å². The summed E-state index contributed by atoms with van der Waals surface area (Å²) in [6.07, 6.45) is -3.82. The third-order valence-corrected chi connectivity index (χ3v) is 6.01. The first-order valence-electron chi connectivity index (χ1n) is 10.3. The van der Waals surface area contributed by atoms with Gasteiger partial charge in [-0.15, -0.1) is 0 Å². The Morgan fingerprint density at radius 3 is 2.08 bits per heavy atom. The number of aromatic carboxylic acids is 1. The van der Waals surface area contributed by atoms with E-state index in [1.807, 2.05) is 37.3 Å². The molecule has 0 fully saturated rings. The van der Waals surface area contributed by atoms with Crippen LogP contribution in [0.5, 0.6) is 0 Å². The van der Waals surface area contributed by atoms with Crippen LogP contribution < -0.4 is 9.62 Å². The number of hydrogen-bond donors (Lipinski definition) is 3. The van der Waals surface area contributed by atoms with Gasteiger partial charge in [-0.2, -0.15) is 13.2 Å². The molecule has 0 unspecified atom stereocenters. The number of carboxylic acid groups (broad SMARTS) is 2. The van der Waals surface area contributed by atoms with E-state index in [1.165, 1.54) is 12.3 Å². The van der Waals surface area contributed by atoms with Crippen molar-refractivity contribution in [2.75, 3.05) is 16.2 Å². The van der Waals surface area contributed by atoms with Crippen LogP contribution in [-0.2, 0) is 21.4 Å². The Hall–Kier alpha value is -4.20. The van der Waals surface area contributed by atoms with Crippen LogP contribution >= 0.6 is 0 Å². The maximum atomic E-state index is 13.1. The molecule has 0 aliphatic heterocycles. The smallest absolute Gasteiger partial charge is 0.478 e. The molecule has 14 heteroatoms. The number of carbonyl (C=O) groups is 2. The molecule has 0 radical (unpaired) electrons. The highest BCUT2D eigenvalue weighted by Crippen LogP contribution is 2.25. The average Bonchev–Trinajstić information content (AvgIpc) is 2.83. The molecule has 0 atom stereocenters. The van der Waals surface area contributed by atoms with Gasteiger partial charge in [-0.25, -0.2) is 27.4 Å². The highest BCUT2D eigenvalue weighted by atomic mass is 32.2. The minimum absolute atomic E-state index is 0.00348. The van der Waals surface area contributed by atoms with Crippen molar-refractivity contribution in [3.05, 3.63) is 83.8 Å². The highest BCUT2D eigenvalue weighted by molar-refractivity contribution is 7.92. The normalized spacial score (nSPS) is 11.2. The molecule has 0 aliphatic rings. The largest absolute Gasteiger partial charge is 0.490 e.